The second-order valence-corrected chi connectivity index (χ2v) is 6.37. The van der Waals surface area contributed by atoms with E-state index in [2.05, 4.69) is 20.3 Å². The summed E-state index contributed by atoms with van der Waals surface area (Å²) in [5, 5.41) is 4.93. The summed E-state index contributed by atoms with van der Waals surface area (Å²) >= 11 is 6.32. The first-order chi connectivity index (χ1) is 10.6. The first-order valence-electron chi connectivity index (χ1n) is 7.59. The van der Waals surface area contributed by atoms with Crippen molar-refractivity contribution < 1.29 is 4.42 Å². The van der Waals surface area contributed by atoms with E-state index in [0.717, 1.165) is 40.4 Å². The SMILES string of the molecule is Cc1nc2oc3c(NCC4CCC4)ncnc3c2c(C)c1Cl.Cl. The van der Waals surface area contributed by atoms with E-state index in [1.165, 1.54) is 19.3 Å². The first kappa shape index (κ1) is 16.3. The van der Waals surface area contributed by atoms with Crippen molar-refractivity contribution in [3.05, 3.63) is 22.6 Å². The molecule has 3 heterocycles. The van der Waals surface area contributed by atoms with Gasteiger partial charge in [-0.15, -0.1) is 12.4 Å². The third-order valence-electron chi connectivity index (χ3n) is 4.53. The summed E-state index contributed by atoms with van der Waals surface area (Å²) in [4.78, 5) is 13.2. The third-order valence-corrected chi connectivity index (χ3v) is 5.08. The van der Waals surface area contributed by atoms with E-state index in [0.29, 0.717) is 16.3 Å². The highest BCUT2D eigenvalue weighted by Gasteiger charge is 2.21. The van der Waals surface area contributed by atoms with Gasteiger partial charge in [0.1, 0.15) is 11.8 Å². The molecule has 0 atom stereocenters. The lowest BCUT2D eigenvalue weighted by atomic mass is 9.85. The quantitative estimate of drug-likeness (QED) is 0.741. The van der Waals surface area contributed by atoms with Gasteiger partial charge < -0.3 is 9.73 Å². The Bertz CT molecular complexity index is 874. The van der Waals surface area contributed by atoms with E-state index in [9.17, 15) is 0 Å². The zero-order chi connectivity index (χ0) is 15.3. The van der Waals surface area contributed by atoms with E-state index in [-0.39, 0.29) is 12.4 Å². The Morgan fingerprint density at radius 2 is 2.09 bits per heavy atom. The van der Waals surface area contributed by atoms with Gasteiger partial charge in [0.25, 0.3) is 0 Å². The highest BCUT2D eigenvalue weighted by atomic mass is 35.5. The van der Waals surface area contributed by atoms with Crippen LogP contribution in [-0.2, 0) is 0 Å². The number of aryl methyl sites for hydroxylation is 2. The van der Waals surface area contributed by atoms with Crippen molar-refractivity contribution in [2.24, 2.45) is 5.92 Å². The van der Waals surface area contributed by atoms with Crippen LogP contribution in [0.2, 0.25) is 5.02 Å². The molecule has 0 saturated heterocycles. The van der Waals surface area contributed by atoms with Gasteiger partial charge in [0, 0.05) is 6.54 Å². The highest BCUT2D eigenvalue weighted by molar-refractivity contribution is 6.33. The Hall–Kier alpha value is -1.59. The number of furan rings is 1. The molecule has 7 heteroatoms. The average molecular weight is 353 g/mol. The van der Waals surface area contributed by atoms with Gasteiger partial charge in [0.2, 0.25) is 5.71 Å². The zero-order valence-electron chi connectivity index (χ0n) is 13.0. The molecular weight excluding hydrogens is 335 g/mol. The molecule has 0 amide bonds. The fourth-order valence-corrected chi connectivity index (χ4v) is 3.10. The molecule has 4 rings (SSSR count). The van der Waals surface area contributed by atoms with Crippen LogP contribution >= 0.6 is 24.0 Å². The maximum atomic E-state index is 6.32. The number of nitrogens with zero attached hydrogens (tertiary/aromatic N) is 3. The lowest BCUT2D eigenvalue weighted by Crippen LogP contribution is -2.21. The molecule has 1 aliphatic rings. The molecule has 0 spiro atoms. The molecule has 1 saturated carbocycles. The topological polar surface area (TPSA) is 63.8 Å². The van der Waals surface area contributed by atoms with E-state index in [1.807, 2.05) is 13.8 Å². The molecule has 0 aliphatic heterocycles. The van der Waals surface area contributed by atoms with E-state index < -0.39 is 0 Å². The Balaban J connectivity index is 0.00000156. The molecule has 23 heavy (non-hydrogen) atoms. The van der Waals surface area contributed by atoms with Crippen LogP contribution in [0.3, 0.4) is 0 Å². The van der Waals surface area contributed by atoms with E-state index in [1.54, 1.807) is 6.33 Å². The number of rotatable bonds is 3. The van der Waals surface area contributed by atoms with Crippen LogP contribution in [0.1, 0.15) is 30.5 Å². The number of nitrogens with one attached hydrogen (secondary N) is 1. The smallest absolute Gasteiger partial charge is 0.229 e. The van der Waals surface area contributed by atoms with Gasteiger partial charge in [-0.25, -0.2) is 15.0 Å². The summed E-state index contributed by atoms with van der Waals surface area (Å²) in [7, 11) is 0. The number of anilines is 1. The second-order valence-electron chi connectivity index (χ2n) is 6.00. The molecule has 122 valence electrons. The van der Waals surface area contributed by atoms with Crippen LogP contribution in [0.25, 0.3) is 22.2 Å². The predicted molar refractivity (Wildman–Crippen MR) is 94.7 cm³/mol. The van der Waals surface area contributed by atoms with Gasteiger partial charge in [0.05, 0.1) is 16.1 Å². The van der Waals surface area contributed by atoms with Crippen LogP contribution in [0.15, 0.2) is 10.7 Å². The van der Waals surface area contributed by atoms with Gasteiger partial charge in [0.15, 0.2) is 11.4 Å². The van der Waals surface area contributed by atoms with Crippen LogP contribution in [0.5, 0.6) is 0 Å². The monoisotopic (exact) mass is 352 g/mol. The van der Waals surface area contributed by atoms with Crippen molar-refractivity contribution in [1.82, 2.24) is 15.0 Å². The van der Waals surface area contributed by atoms with Crippen molar-refractivity contribution in [2.75, 3.05) is 11.9 Å². The molecule has 3 aromatic heterocycles. The number of fused-ring (bicyclic) bond motifs is 3. The van der Waals surface area contributed by atoms with Crippen molar-refractivity contribution in [3.8, 4) is 0 Å². The summed E-state index contributed by atoms with van der Waals surface area (Å²) in [6.45, 7) is 4.77. The van der Waals surface area contributed by atoms with Gasteiger partial charge in [-0.3, -0.25) is 0 Å². The molecule has 0 bridgehead atoms. The molecule has 5 nitrogen and oxygen atoms in total. The van der Waals surface area contributed by atoms with Crippen LogP contribution in [0.4, 0.5) is 5.82 Å². The van der Waals surface area contributed by atoms with Gasteiger partial charge in [-0.2, -0.15) is 0 Å². The third kappa shape index (κ3) is 2.62. The Kier molecular flexibility index (Phi) is 4.34. The summed E-state index contributed by atoms with van der Waals surface area (Å²) in [6, 6.07) is 0. The Labute approximate surface area is 145 Å². The summed E-state index contributed by atoms with van der Waals surface area (Å²) in [6.07, 6.45) is 5.47. The molecule has 1 aliphatic carbocycles. The summed E-state index contributed by atoms with van der Waals surface area (Å²) in [5.74, 6) is 1.48. The van der Waals surface area contributed by atoms with Gasteiger partial charge in [-0.05, 0) is 38.2 Å². The Morgan fingerprint density at radius 1 is 1.30 bits per heavy atom. The Morgan fingerprint density at radius 3 is 2.78 bits per heavy atom. The molecular formula is C16H18Cl2N4O. The van der Waals surface area contributed by atoms with E-state index >= 15 is 0 Å². The maximum Gasteiger partial charge on any atom is 0.229 e. The van der Waals surface area contributed by atoms with Crippen molar-refractivity contribution in [1.29, 1.82) is 0 Å². The van der Waals surface area contributed by atoms with E-state index in [4.69, 9.17) is 16.0 Å². The number of hydrogen-bond acceptors (Lipinski definition) is 5. The summed E-state index contributed by atoms with van der Waals surface area (Å²) < 4.78 is 5.93. The largest absolute Gasteiger partial charge is 0.432 e. The average Bonchev–Trinajstić information content (AvgIpc) is 2.82. The predicted octanol–water partition coefficient (Wildman–Crippen LogP) is 4.68. The van der Waals surface area contributed by atoms with Crippen LogP contribution in [-0.4, -0.2) is 21.5 Å². The molecule has 0 aromatic carbocycles. The second kappa shape index (κ2) is 6.13. The maximum absolute atomic E-state index is 6.32. The van der Waals surface area contributed by atoms with Crippen molar-refractivity contribution >= 4 is 52.0 Å². The first-order valence-corrected chi connectivity index (χ1v) is 7.96. The lowest BCUT2D eigenvalue weighted by Gasteiger charge is -2.25. The zero-order valence-corrected chi connectivity index (χ0v) is 14.6. The minimum absolute atomic E-state index is 0. The van der Waals surface area contributed by atoms with Crippen LogP contribution < -0.4 is 5.32 Å². The number of pyridine rings is 1. The lowest BCUT2D eigenvalue weighted by molar-refractivity contribution is 0.333. The molecule has 0 unspecified atom stereocenters. The minimum Gasteiger partial charge on any atom is -0.432 e. The van der Waals surface area contributed by atoms with Gasteiger partial charge >= 0.3 is 0 Å². The highest BCUT2D eigenvalue weighted by Crippen LogP contribution is 2.35. The standard InChI is InChI=1S/C16H17ClN4O.ClH/c1-8-11-13-14(22-16(11)21-9(2)12(8)17)15(20-7-19-13)18-6-10-4-3-5-10;/h7,10H,3-6H2,1-2H3,(H,18,19,20);1H. The van der Waals surface area contributed by atoms with Gasteiger partial charge in [-0.1, -0.05) is 18.0 Å². The normalized spacial score (nSPS) is 14.7. The van der Waals surface area contributed by atoms with Crippen molar-refractivity contribution in [2.45, 2.75) is 33.1 Å². The molecule has 1 N–H and O–H groups in total. The minimum atomic E-state index is 0. The number of halogens is 2. The molecule has 1 fully saturated rings. The number of hydrogen-bond donors (Lipinski definition) is 1. The fourth-order valence-electron chi connectivity index (χ4n) is 2.96. The fraction of sp³-hybridized carbons (Fsp3) is 0.438. The number of aromatic nitrogens is 3. The molecule has 3 aromatic rings. The van der Waals surface area contributed by atoms with Crippen LogP contribution in [0, 0.1) is 19.8 Å². The van der Waals surface area contributed by atoms with Crippen molar-refractivity contribution in [3.63, 3.8) is 0 Å². The molecule has 0 radical (unpaired) electrons. The summed E-state index contributed by atoms with van der Waals surface area (Å²) in [5.41, 5.74) is 3.72.